The lowest BCUT2D eigenvalue weighted by Gasteiger charge is -2.27. The maximum atomic E-state index is 13.1. The van der Waals surface area contributed by atoms with Crippen molar-refractivity contribution in [2.45, 2.75) is 0 Å². The quantitative estimate of drug-likeness (QED) is 0.0491. The van der Waals surface area contributed by atoms with Crippen molar-refractivity contribution in [3.05, 3.63) is 75.6 Å². The van der Waals surface area contributed by atoms with Crippen LogP contribution < -0.4 is 0 Å². The summed E-state index contributed by atoms with van der Waals surface area (Å²) in [4.78, 5) is 55.8. The molecule has 0 spiro atoms. The van der Waals surface area contributed by atoms with Gasteiger partial charge in [0.05, 0.1) is 69.5 Å². The number of rotatable bonds is 0. The van der Waals surface area contributed by atoms with Gasteiger partial charge in [-0.15, -0.1) is 0 Å². The van der Waals surface area contributed by atoms with E-state index in [1.807, 2.05) is 0 Å². The molecule has 5 aromatic carbocycles. The summed E-state index contributed by atoms with van der Waals surface area (Å²) in [6, 6.07) is 11.9. The monoisotopic (exact) mass is 692 g/mol. The molecule has 0 bridgehead atoms. The number of benzene rings is 5. The van der Waals surface area contributed by atoms with E-state index in [9.17, 15) is 24.4 Å². The lowest BCUT2D eigenvalue weighted by Crippen LogP contribution is -2.32. The van der Waals surface area contributed by atoms with Crippen molar-refractivity contribution in [3.8, 4) is 6.07 Å². The summed E-state index contributed by atoms with van der Waals surface area (Å²) in [5.74, 6) is -1.96. The molecule has 0 saturated heterocycles. The molecule has 2 aliphatic heterocycles. The first-order valence-corrected chi connectivity index (χ1v) is 12.4. The van der Waals surface area contributed by atoms with Gasteiger partial charge in [0.1, 0.15) is 0 Å². The zero-order valence-corrected chi connectivity index (χ0v) is 22.0. The minimum absolute atomic E-state index is 0.183. The molecule has 2 aliphatic rings. The van der Waals surface area contributed by atoms with Crippen LogP contribution in [0.1, 0.15) is 47.0 Å². The summed E-state index contributed by atoms with van der Waals surface area (Å²) in [6.45, 7) is 7.90. The first-order valence-electron chi connectivity index (χ1n) is 10.4. The van der Waals surface area contributed by atoms with Gasteiger partial charge in [0.2, 0.25) is 0 Å². The summed E-state index contributed by atoms with van der Waals surface area (Å²) in [6.07, 6.45) is 0. The third kappa shape index (κ3) is 2.27. The van der Waals surface area contributed by atoms with E-state index in [0.717, 1.165) is 6.23 Å². The Balaban J connectivity index is 1.87. The lowest BCUT2D eigenvalue weighted by molar-refractivity contribution is 0.0742. The van der Waals surface area contributed by atoms with Crippen LogP contribution in [-0.2, 0) is 0 Å². The molecule has 0 aromatic heterocycles. The second-order valence-electron chi connectivity index (χ2n) is 8.49. The van der Waals surface area contributed by atoms with Gasteiger partial charge in [-0.1, -0.05) is 12.1 Å². The number of nitrogens with zero attached hydrogens (tertiary/aromatic N) is 4. The number of carbonyl (C=O) groups excluding carboxylic acids is 4. The first kappa shape index (κ1) is 21.4. The maximum Gasteiger partial charge on any atom is 0.270 e. The van der Waals surface area contributed by atoms with Crippen molar-refractivity contribution in [2.75, 3.05) is 0 Å². The number of nitriles is 1. The Bertz CT molecular complexity index is 1950. The number of imide groups is 2. The first-order chi connectivity index (χ1) is 17.3. The van der Waals surface area contributed by atoms with Crippen LogP contribution in [0.15, 0.2) is 36.4 Å². The Morgan fingerprint density at radius 3 is 1.72 bits per heavy atom. The highest BCUT2D eigenvalue weighted by atomic mass is 127. The van der Waals surface area contributed by atoms with E-state index in [0.29, 0.717) is 54.2 Å². The van der Waals surface area contributed by atoms with E-state index in [4.69, 9.17) is 6.57 Å². The molecule has 0 aliphatic carbocycles. The van der Waals surface area contributed by atoms with Crippen LogP contribution in [0.25, 0.3) is 47.9 Å². The fourth-order valence-corrected chi connectivity index (χ4v) is 6.60. The van der Waals surface area contributed by atoms with Gasteiger partial charge in [-0.25, -0.2) is 11.1 Å². The van der Waals surface area contributed by atoms with Crippen LogP contribution in [0.2, 0.25) is 0 Å². The largest absolute Gasteiger partial charge is 0.270 e. The summed E-state index contributed by atoms with van der Waals surface area (Å²) in [5.41, 5.74) is 1.52. The molecule has 5 aromatic rings. The van der Waals surface area contributed by atoms with Gasteiger partial charge in [0.15, 0.2) is 5.69 Å². The zero-order valence-electron chi connectivity index (χ0n) is 17.6. The third-order valence-corrected chi connectivity index (χ3v) is 8.71. The predicted octanol–water partition coefficient (Wildman–Crippen LogP) is 6.05. The molecule has 0 unspecified atom stereocenters. The number of halogens is 2. The molecular formula is C26H6I2N4O4. The topological polar surface area (TPSA) is 103 Å². The molecule has 36 heavy (non-hydrogen) atoms. The molecule has 2 heterocycles. The van der Waals surface area contributed by atoms with Crippen molar-refractivity contribution >= 4 is 118 Å². The van der Waals surface area contributed by atoms with E-state index in [1.165, 1.54) is 12.1 Å². The fourth-order valence-electron chi connectivity index (χ4n) is 5.56. The Morgan fingerprint density at radius 1 is 0.667 bits per heavy atom. The Labute approximate surface area is 229 Å². The molecule has 8 nitrogen and oxygen atoms in total. The fraction of sp³-hybridized carbons (Fsp3) is 0. The molecule has 0 atom stereocenters. The van der Waals surface area contributed by atoms with E-state index in [1.54, 1.807) is 70.0 Å². The van der Waals surface area contributed by atoms with E-state index in [-0.39, 0.29) is 22.4 Å². The van der Waals surface area contributed by atoms with Crippen LogP contribution in [0, 0.1) is 17.9 Å². The van der Waals surface area contributed by atoms with Crippen molar-refractivity contribution < 1.29 is 19.2 Å². The third-order valence-electron chi connectivity index (χ3n) is 6.96. The van der Waals surface area contributed by atoms with Crippen LogP contribution in [-0.4, -0.2) is 29.9 Å². The highest BCUT2D eigenvalue weighted by Crippen LogP contribution is 2.50. The van der Waals surface area contributed by atoms with Gasteiger partial charge in [0.25, 0.3) is 23.6 Å². The lowest BCUT2D eigenvalue weighted by atomic mass is 9.80. The van der Waals surface area contributed by atoms with Crippen molar-refractivity contribution in [3.63, 3.8) is 0 Å². The Hall–Kier alpha value is -3.88. The predicted molar refractivity (Wildman–Crippen MR) is 148 cm³/mol. The summed E-state index contributed by atoms with van der Waals surface area (Å²) in [7, 11) is 0. The molecule has 7 rings (SSSR count). The van der Waals surface area contributed by atoms with Crippen molar-refractivity contribution in [2.24, 2.45) is 0 Å². The number of hydrogen-bond donors (Lipinski definition) is 0. The van der Waals surface area contributed by atoms with Crippen molar-refractivity contribution in [1.29, 1.82) is 5.26 Å². The second-order valence-corrected chi connectivity index (χ2v) is 10.4. The van der Waals surface area contributed by atoms with Gasteiger partial charge < -0.3 is 0 Å². The van der Waals surface area contributed by atoms with E-state index >= 15 is 0 Å². The average Bonchev–Trinajstić information content (AvgIpc) is 2.90. The molecule has 0 saturated carbocycles. The minimum atomic E-state index is -0.535. The Morgan fingerprint density at radius 2 is 1.17 bits per heavy atom. The van der Waals surface area contributed by atoms with Crippen molar-refractivity contribution in [1.82, 2.24) is 6.23 Å². The SMILES string of the molecule is [C-]#[N+]c1cc2c3c(cc(C#N)c4c5ccc6c7c(ccc(c1c34)c75)C(=O)N(I)C6=O)C(=O)N(I)C2=O. The summed E-state index contributed by atoms with van der Waals surface area (Å²) >= 11 is 3.33. The Kier molecular flexibility index (Phi) is 4.08. The van der Waals surface area contributed by atoms with E-state index in [2.05, 4.69) is 10.9 Å². The van der Waals surface area contributed by atoms with Crippen LogP contribution in [0.3, 0.4) is 0 Å². The second kappa shape index (κ2) is 6.87. The van der Waals surface area contributed by atoms with Gasteiger partial charge in [-0.3, -0.25) is 19.2 Å². The number of fused-ring (bicyclic) bond motifs is 2. The smallest absolute Gasteiger partial charge is 0.268 e. The molecular weight excluding hydrogens is 686 g/mol. The maximum absolute atomic E-state index is 13.1. The molecule has 0 fully saturated rings. The normalized spacial score (nSPS) is 15.0. The standard InChI is InChI=1S/C26H6I2N4O4/c1-30-16-7-15-20-14(25(35)32(28)26(15)36)6-9(8-29)17-10-2-4-12-19-13(24(34)31(27)23(12)33)5-3-11(18(10)19)21(16)22(17)20/h2-7H. The number of amides is 4. The molecule has 10 heteroatoms. The van der Waals surface area contributed by atoms with Crippen LogP contribution >= 0.6 is 45.7 Å². The van der Waals surface area contributed by atoms with Crippen LogP contribution in [0.5, 0.6) is 0 Å². The number of hydrogen-bond acceptors (Lipinski definition) is 5. The molecule has 0 radical (unpaired) electrons. The zero-order chi connectivity index (χ0) is 25.2. The number of carbonyl (C=O) groups is 4. The summed E-state index contributed by atoms with van der Waals surface area (Å²) in [5, 5.41) is 14.3. The molecule has 0 N–H and O–H groups in total. The van der Waals surface area contributed by atoms with Gasteiger partial charge in [-0.05, 0) is 51.2 Å². The van der Waals surface area contributed by atoms with Gasteiger partial charge in [-0.2, -0.15) is 5.26 Å². The van der Waals surface area contributed by atoms with Crippen LogP contribution in [0.4, 0.5) is 5.69 Å². The summed E-state index contributed by atoms with van der Waals surface area (Å²) < 4.78 is 2.00. The highest BCUT2D eigenvalue weighted by Gasteiger charge is 2.37. The van der Waals surface area contributed by atoms with E-state index < -0.39 is 23.6 Å². The molecule has 168 valence electrons. The average molecular weight is 692 g/mol. The molecule has 4 amide bonds. The van der Waals surface area contributed by atoms with Gasteiger partial charge >= 0.3 is 0 Å². The minimum Gasteiger partial charge on any atom is -0.268 e. The van der Waals surface area contributed by atoms with Gasteiger partial charge in [0, 0.05) is 32.8 Å². The highest BCUT2D eigenvalue weighted by molar-refractivity contribution is 14.1.